The summed E-state index contributed by atoms with van der Waals surface area (Å²) >= 11 is 1.90. The van der Waals surface area contributed by atoms with Gasteiger partial charge in [-0.1, -0.05) is 225 Å². The van der Waals surface area contributed by atoms with Crippen molar-refractivity contribution in [2.45, 2.75) is 51.3 Å². The zero-order valence-electron chi connectivity index (χ0n) is 38.3. The molecule has 12 rings (SSSR count). The van der Waals surface area contributed by atoms with Crippen LogP contribution < -0.4 is 63.2 Å². The number of benzene rings is 9. The van der Waals surface area contributed by atoms with E-state index >= 15 is 0 Å². The second-order valence-corrected chi connectivity index (χ2v) is 23.6. The molecule has 2 nitrogen and oxygen atoms in total. The Labute approximate surface area is 395 Å². The van der Waals surface area contributed by atoms with Crippen LogP contribution in [0.15, 0.2) is 198 Å². The predicted molar refractivity (Wildman–Crippen MR) is 286 cm³/mol. The van der Waals surface area contributed by atoms with Crippen molar-refractivity contribution < 1.29 is 4.74 Å². The van der Waals surface area contributed by atoms with E-state index in [9.17, 15) is 0 Å². The number of fused-ring (bicyclic) bond motifs is 6. The third kappa shape index (κ3) is 6.18. The molecule has 0 unspecified atom stereocenters. The summed E-state index contributed by atoms with van der Waals surface area (Å²) in [4.78, 5) is 5.06. The molecule has 0 aliphatic carbocycles. The first-order chi connectivity index (χ1) is 32.2. The maximum absolute atomic E-state index is 7.04. The van der Waals surface area contributed by atoms with E-state index in [1.807, 2.05) is 11.8 Å². The summed E-state index contributed by atoms with van der Waals surface area (Å²) in [6.45, 7) is 13.8. The van der Waals surface area contributed by atoms with Gasteiger partial charge in [0.15, 0.2) is 0 Å². The molecule has 0 saturated carbocycles. The van der Waals surface area contributed by atoms with Crippen LogP contribution in [0.5, 0.6) is 11.5 Å². The smallest absolute Gasteiger partial charge is 0.253 e. The fraction of sp³-hybridized carbons (Fsp3) is 0.100. The van der Waals surface area contributed by atoms with E-state index in [-0.39, 0.29) is 13.4 Å². The van der Waals surface area contributed by atoms with Crippen molar-refractivity contribution >= 4 is 104 Å². The van der Waals surface area contributed by atoms with Crippen molar-refractivity contribution in [2.75, 3.05) is 4.90 Å². The Morgan fingerprint density at radius 3 is 1.56 bits per heavy atom. The van der Waals surface area contributed by atoms with E-state index < -0.39 is 8.07 Å². The Hall–Kier alpha value is -6.72. The van der Waals surface area contributed by atoms with E-state index in [1.54, 1.807) is 0 Å². The Morgan fingerprint density at radius 2 is 0.985 bits per heavy atom. The van der Waals surface area contributed by atoms with Crippen LogP contribution in [0.25, 0.3) is 0 Å². The lowest BCUT2D eigenvalue weighted by atomic mass is 9.33. The van der Waals surface area contributed by atoms with Gasteiger partial charge < -0.3 is 9.64 Å². The average molecular weight is 882 g/mol. The second-order valence-electron chi connectivity index (χ2n) is 18.7. The molecule has 3 heterocycles. The van der Waals surface area contributed by atoms with Crippen LogP contribution in [0.1, 0.15) is 33.4 Å². The molecule has 9 aromatic rings. The molecule has 0 fully saturated rings. The Balaban J connectivity index is 1.07. The van der Waals surface area contributed by atoms with Gasteiger partial charge in [-0.25, -0.2) is 0 Å². The first-order valence-electron chi connectivity index (χ1n) is 23.2. The summed E-state index contributed by atoms with van der Waals surface area (Å²) in [5.41, 5.74) is 19.5. The van der Waals surface area contributed by atoms with Gasteiger partial charge in [-0.2, -0.15) is 10.4 Å². The molecule has 317 valence electrons. The van der Waals surface area contributed by atoms with Crippen molar-refractivity contribution in [2.24, 2.45) is 0 Å². The number of hydrogen-bond acceptors (Lipinski definition) is 3. The van der Waals surface area contributed by atoms with Crippen LogP contribution in [0.4, 0.5) is 17.1 Å². The van der Waals surface area contributed by atoms with E-state index in [4.69, 9.17) is 4.74 Å². The predicted octanol–water partition coefficient (Wildman–Crippen LogP) is 8.30. The van der Waals surface area contributed by atoms with Gasteiger partial charge >= 0.3 is 0 Å². The highest BCUT2D eigenvalue weighted by molar-refractivity contribution is 8.00. The van der Waals surface area contributed by atoms with Crippen molar-refractivity contribution in [1.82, 2.24) is 0 Å². The Bertz CT molecular complexity index is 3230. The molecule has 0 radical (unpaired) electrons. The molecule has 0 bridgehead atoms. The quantitative estimate of drug-likeness (QED) is 0.156. The summed E-state index contributed by atoms with van der Waals surface area (Å²) in [5.74, 6) is 1.85. The zero-order chi connectivity index (χ0) is 44.8. The molecular weight excluding hydrogens is 832 g/mol. The molecule has 3 aliphatic rings. The summed E-state index contributed by atoms with van der Waals surface area (Å²) < 4.78 is 7.04. The van der Waals surface area contributed by atoms with Gasteiger partial charge in [-0.05, 0) is 84.8 Å². The second kappa shape index (κ2) is 15.7. The van der Waals surface area contributed by atoms with Crippen LogP contribution in [0.2, 0.25) is 0 Å². The van der Waals surface area contributed by atoms with Gasteiger partial charge in [-0.3, -0.25) is 0 Å². The molecule has 0 saturated heterocycles. The van der Waals surface area contributed by atoms with E-state index in [0.717, 1.165) is 17.2 Å². The number of rotatable bonds is 6. The molecule has 0 N–H and O–H groups in total. The van der Waals surface area contributed by atoms with Crippen molar-refractivity contribution in [3.05, 3.63) is 221 Å². The topological polar surface area (TPSA) is 12.5 Å². The van der Waals surface area contributed by atoms with Gasteiger partial charge in [0.2, 0.25) is 6.71 Å². The first kappa shape index (κ1) is 40.8. The SMILES string of the molecule is Cc1cc(C)c(B(c2ccc3c(c2)Sc2cc(N4c5ccccc5[Si-](c5ccccc5)(c5ccccc5)c5ccccc54)cc4c2B3c2ccccc2O4)c2c(C)cc(C)cc2C)c(C)c1. The maximum Gasteiger partial charge on any atom is 0.253 e. The molecule has 0 atom stereocenters. The van der Waals surface area contributed by atoms with Crippen LogP contribution in [-0.2, 0) is 0 Å². The van der Waals surface area contributed by atoms with E-state index in [2.05, 4.69) is 234 Å². The minimum atomic E-state index is -2.77. The summed E-state index contributed by atoms with van der Waals surface area (Å²) in [6.07, 6.45) is 0. The highest BCUT2D eigenvalue weighted by Gasteiger charge is 2.42. The van der Waals surface area contributed by atoms with E-state index in [1.165, 1.54) is 108 Å². The largest absolute Gasteiger partial charge is 0.458 e. The first-order valence-corrected chi connectivity index (χ1v) is 26.0. The summed E-state index contributed by atoms with van der Waals surface area (Å²) in [7, 11) is -2.77. The highest BCUT2D eigenvalue weighted by atomic mass is 32.2. The lowest BCUT2D eigenvalue weighted by molar-refractivity contribution is 0.486. The fourth-order valence-electron chi connectivity index (χ4n) is 12.2. The monoisotopic (exact) mass is 881 g/mol. The standard InChI is InChI=1S/C60H49B2NOSSi/c1-38-31-40(3)58(41(4)32-38)61(59-42(5)33-39(2)34-43(59)6)44-29-30-49-54(35-44)65-55-37-45(36-53-60(55)62(49)48-23-13-16-26-52(48)64-53)63-50-24-14-17-27-56(50)66(46-19-9-7-10-20-46,47-21-11-8-12-22-47)57-28-18-15-25-51(57)63/h7-37H,1-6H3/q-1. The number of anilines is 3. The van der Waals surface area contributed by atoms with Crippen molar-refractivity contribution in [1.29, 1.82) is 0 Å². The molecule has 0 amide bonds. The van der Waals surface area contributed by atoms with Gasteiger partial charge in [0, 0.05) is 27.2 Å². The number of aryl methyl sites for hydroxylation is 6. The van der Waals surface area contributed by atoms with Crippen LogP contribution in [0.3, 0.4) is 0 Å². The number of para-hydroxylation sites is 3. The molecule has 3 aliphatic heterocycles. The Morgan fingerprint density at radius 1 is 0.470 bits per heavy atom. The van der Waals surface area contributed by atoms with Crippen LogP contribution >= 0.6 is 11.8 Å². The maximum atomic E-state index is 7.04. The molecule has 0 spiro atoms. The minimum Gasteiger partial charge on any atom is -0.458 e. The third-order valence-electron chi connectivity index (χ3n) is 14.6. The van der Waals surface area contributed by atoms with Crippen molar-refractivity contribution in [3.63, 3.8) is 0 Å². The van der Waals surface area contributed by atoms with Gasteiger partial charge in [0.1, 0.15) is 11.5 Å². The molecule has 66 heavy (non-hydrogen) atoms. The number of nitrogens with zero attached hydrogens (tertiary/aromatic N) is 1. The normalized spacial score (nSPS) is 13.7. The van der Waals surface area contributed by atoms with Crippen LogP contribution in [-0.4, -0.2) is 21.5 Å². The number of ether oxygens (including phenoxy) is 1. The lowest BCUT2D eigenvalue weighted by Crippen LogP contribution is -2.77. The summed E-state index contributed by atoms with van der Waals surface area (Å²) in [5, 5.41) is 5.53. The minimum absolute atomic E-state index is 0.0422. The van der Waals surface area contributed by atoms with Gasteiger partial charge in [0.05, 0.1) is 5.69 Å². The van der Waals surface area contributed by atoms with Crippen LogP contribution in [0, 0.1) is 41.5 Å². The lowest BCUT2D eigenvalue weighted by Gasteiger charge is -2.54. The van der Waals surface area contributed by atoms with Gasteiger partial charge in [0.25, 0.3) is 6.71 Å². The summed E-state index contributed by atoms with van der Waals surface area (Å²) in [6, 6.07) is 71.2. The van der Waals surface area contributed by atoms with Gasteiger partial charge in [-0.15, -0.1) is 10.4 Å². The molecule has 6 heteroatoms. The fourth-order valence-corrected chi connectivity index (χ4v) is 18.6. The Kier molecular flexibility index (Phi) is 9.71. The molecule has 0 aromatic heterocycles. The number of hydrogen-bond donors (Lipinski definition) is 0. The van der Waals surface area contributed by atoms with E-state index in [0.29, 0.717) is 0 Å². The zero-order valence-corrected chi connectivity index (χ0v) is 40.1. The average Bonchev–Trinajstić information content (AvgIpc) is 3.32. The highest BCUT2D eigenvalue weighted by Crippen LogP contribution is 2.44. The molecule has 9 aromatic carbocycles. The molecular formula is C60H49B2NOSSi-. The third-order valence-corrected chi connectivity index (χ3v) is 20.5. The van der Waals surface area contributed by atoms with Crippen molar-refractivity contribution in [3.8, 4) is 11.5 Å².